The number of anilines is 1. The quantitative estimate of drug-likeness (QED) is 0.881. The minimum absolute atomic E-state index is 0.602. The lowest BCUT2D eigenvalue weighted by molar-refractivity contribution is 0.172. The van der Waals surface area contributed by atoms with Gasteiger partial charge < -0.3 is 14.8 Å². The average molecular weight is 244 g/mol. The minimum atomic E-state index is 0.602. The Morgan fingerprint density at radius 2 is 1.89 bits per heavy atom. The topological polar surface area (TPSA) is 43.4 Å². The maximum Gasteiger partial charge on any atom is 0.163 e. The molecule has 2 heterocycles. The van der Waals surface area contributed by atoms with Gasteiger partial charge in [-0.3, -0.25) is 4.98 Å². The van der Waals surface area contributed by atoms with Crippen molar-refractivity contribution in [1.82, 2.24) is 4.98 Å². The monoisotopic (exact) mass is 244 g/mol. The molecule has 0 aliphatic carbocycles. The number of nitrogens with one attached hydrogen (secondary N) is 1. The number of hydrogen-bond acceptors (Lipinski definition) is 4. The van der Waals surface area contributed by atoms with E-state index in [1.807, 2.05) is 19.2 Å². The summed E-state index contributed by atoms with van der Waals surface area (Å²) in [6.07, 6.45) is 0.916. The number of nitrogens with zero attached hydrogens (tertiary/aromatic N) is 1. The summed E-state index contributed by atoms with van der Waals surface area (Å²) < 4.78 is 11.2. The fourth-order valence-electron chi connectivity index (χ4n) is 2.21. The largest absolute Gasteiger partial charge is 0.486 e. The highest BCUT2D eigenvalue weighted by Gasteiger charge is 2.15. The molecular formula is C14H16N2O2. The maximum absolute atomic E-state index is 5.61. The molecule has 0 unspecified atom stereocenters. The molecule has 0 amide bonds. The first kappa shape index (κ1) is 11.1. The van der Waals surface area contributed by atoms with Crippen LogP contribution in [0.5, 0.6) is 11.5 Å². The number of benzene rings is 1. The van der Waals surface area contributed by atoms with Crippen molar-refractivity contribution in [2.75, 3.05) is 25.6 Å². The zero-order valence-corrected chi connectivity index (χ0v) is 10.6. The molecule has 0 saturated heterocycles. The van der Waals surface area contributed by atoms with Crippen molar-refractivity contribution < 1.29 is 9.47 Å². The molecule has 3 rings (SSSR count). The van der Waals surface area contributed by atoms with Gasteiger partial charge in [0.1, 0.15) is 13.2 Å². The Balaban J connectivity index is 2.25. The Morgan fingerprint density at radius 1 is 1.17 bits per heavy atom. The van der Waals surface area contributed by atoms with Crippen LogP contribution in [0.3, 0.4) is 0 Å². The van der Waals surface area contributed by atoms with Gasteiger partial charge in [-0.1, -0.05) is 6.92 Å². The third kappa shape index (κ3) is 1.74. The van der Waals surface area contributed by atoms with Crippen molar-refractivity contribution in [3.63, 3.8) is 0 Å². The number of aromatic nitrogens is 1. The van der Waals surface area contributed by atoms with E-state index in [1.165, 1.54) is 0 Å². The molecule has 1 N–H and O–H groups in total. The molecule has 0 saturated carbocycles. The van der Waals surface area contributed by atoms with Gasteiger partial charge in [0, 0.05) is 29.9 Å². The van der Waals surface area contributed by atoms with Crippen LogP contribution in [0.25, 0.3) is 10.9 Å². The second kappa shape index (κ2) is 4.37. The number of rotatable bonds is 2. The Hall–Kier alpha value is -1.97. The van der Waals surface area contributed by atoms with Gasteiger partial charge in [0.2, 0.25) is 0 Å². The maximum atomic E-state index is 5.61. The number of fused-ring (bicyclic) bond motifs is 2. The minimum Gasteiger partial charge on any atom is -0.486 e. The zero-order valence-electron chi connectivity index (χ0n) is 10.6. The predicted molar refractivity (Wildman–Crippen MR) is 71.7 cm³/mol. The van der Waals surface area contributed by atoms with Gasteiger partial charge in [-0.2, -0.15) is 0 Å². The molecule has 0 fully saturated rings. The number of pyridine rings is 1. The fourth-order valence-corrected chi connectivity index (χ4v) is 2.21. The van der Waals surface area contributed by atoms with Crippen molar-refractivity contribution in [1.29, 1.82) is 0 Å². The molecule has 1 aromatic carbocycles. The summed E-state index contributed by atoms with van der Waals surface area (Å²) in [5.74, 6) is 1.59. The zero-order chi connectivity index (χ0) is 12.5. The van der Waals surface area contributed by atoms with Crippen LogP contribution in [0.1, 0.15) is 12.6 Å². The molecule has 4 nitrogen and oxygen atoms in total. The molecular weight excluding hydrogens is 228 g/mol. The SMILES string of the molecule is CCc1cc(NC)c2cc3c(cc2n1)OCCO3. The first-order valence-corrected chi connectivity index (χ1v) is 6.23. The molecule has 0 radical (unpaired) electrons. The lowest BCUT2D eigenvalue weighted by Gasteiger charge is -2.19. The van der Waals surface area contributed by atoms with Crippen LogP contribution in [-0.4, -0.2) is 25.2 Å². The van der Waals surface area contributed by atoms with Crippen LogP contribution in [0, 0.1) is 0 Å². The van der Waals surface area contributed by atoms with E-state index in [0.717, 1.165) is 40.2 Å². The van der Waals surface area contributed by atoms with Gasteiger partial charge in [0.05, 0.1) is 5.52 Å². The molecule has 0 atom stereocenters. The third-order valence-electron chi connectivity index (χ3n) is 3.16. The molecule has 94 valence electrons. The van der Waals surface area contributed by atoms with E-state index >= 15 is 0 Å². The van der Waals surface area contributed by atoms with Crippen LogP contribution in [-0.2, 0) is 6.42 Å². The van der Waals surface area contributed by atoms with Crippen LogP contribution < -0.4 is 14.8 Å². The average Bonchev–Trinajstić information content (AvgIpc) is 2.43. The van der Waals surface area contributed by atoms with Crippen molar-refractivity contribution in [3.8, 4) is 11.5 Å². The number of ether oxygens (including phenoxy) is 2. The molecule has 1 aliphatic rings. The molecule has 0 spiro atoms. The highest BCUT2D eigenvalue weighted by Crippen LogP contribution is 2.36. The van der Waals surface area contributed by atoms with E-state index in [0.29, 0.717) is 13.2 Å². The molecule has 0 bridgehead atoms. The summed E-state index contributed by atoms with van der Waals surface area (Å²) in [5.41, 5.74) is 3.10. The van der Waals surface area contributed by atoms with Crippen molar-refractivity contribution in [2.24, 2.45) is 0 Å². The summed E-state index contributed by atoms with van der Waals surface area (Å²) in [6, 6.07) is 6.05. The first-order valence-electron chi connectivity index (χ1n) is 6.23. The highest BCUT2D eigenvalue weighted by atomic mass is 16.6. The smallest absolute Gasteiger partial charge is 0.163 e. The summed E-state index contributed by atoms with van der Waals surface area (Å²) in [7, 11) is 1.92. The summed E-state index contributed by atoms with van der Waals surface area (Å²) in [4.78, 5) is 4.63. The van der Waals surface area contributed by atoms with Gasteiger partial charge >= 0.3 is 0 Å². The first-order chi connectivity index (χ1) is 8.81. The van der Waals surface area contributed by atoms with E-state index in [-0.39, 0.29) is 0 Å². The summed E-state index contributed by atoms with van der Waals surface area (Å²) in [6.45, 7) is 3.31. The Kier molecular flexibility index (Phi) is 2.70. The lowest BCUT2D eigenvalue weighted by atomic mass is 10.1. The normalized spacial score (nSPS) is 13.7. The molecule has 1 aliphatic heterocycles. The molecule has 18 heavy (non-hydrogen) atoms. The van der Waals surface area contributed by atoms with Crippen LogP contribution in [0.15, 0.2) is 18.2 Å². The van der Waals surface area contributed by atoms with Crippen LogP contribution >= 0.6 is 0 Å². The number of hydrogen-bond donors (Lipinski definition) is 1. The van der Waals surface area contributed by atoms with E-state index in [2.05, 4.69) is 23.3 Å². The van der Waals surface area contributed by atoms with E-state index in [9.17, 15) is 0 Å². The standard InChI is InChI=1S/C14H16N2O2/c1-3-9-6-11(15-2)10-7-13-14(8-12(10)16-9)18-5-4-17-13/h6-8H,3-5H2,1-2H3,(H,15,16). The Morgan fingerprint density at radius 3 is 2.56 bits per heavy atom. The predicted octanol–water partition coefficient (Wildman–Crippen LogP) is 2.61. The van der Waals surface area contributed by atoms with Gasteiger partial charge in [-0.25, -0.2) is 0 Å². The molecule has 4 heteroatoms. The van der Waals surface area contributed by atoms with Gasteiger partial charge in [-0.15, -0.1) is 0 Å². The lowest BCUT2D eigenvalue weighted by Crippen LogP contribution is -2.15. The van der Waals surface area contributed by atoms with Crippen LogP contribution in [0.2, 0.25) is 0 Å². The van der Waals surface area contributed by atoms with E-state index in [4.69, 9.17) is 9.47 Å². The highest BCUT2D eigenvalue weighted by molar-refractivity contribution is 5.93. The fraction of sp³-hybridized carbons (Fsp3) is 0.357. The van der Waals surface area contributed by atoms with Crippen molar-refractivity contribution in [2.45, 2.75) is 13.3 Å². The molecule has 1 aromatic heterocycles. The Labute approximate surface area is 106 Å². The second-order valence-corrected chi connectivity index (χ2v) is 4.28. The van der Waals surface area contributed by atoms with Crippen molar-refractivity contribution >= 4 is 16.6 Å². The van der Waals surface area contributed by atoms with Crippen LogP contribution in [0.4, 0.5) is 5.69 Å². The van der Waals surface area contributed by atoms with Gasteiger partial charge in [0.25, 0.3) is 0 Å². The summed E-state index contributed by atoms with van der Waals surface area (Å²) >= 11 is 0. The van der Waals surface area contributed by atoms with E-state index < -0.39 is 0 Å². The Bertz CT molecular complexity index is 596. The summed E-state index contributed by atoms with van der Waals surface area (Å²) in [5, 5.41) is 4.28. The van der Waals surface area contributed by atoms with Gasteiger partial charge in [0.15, 0.2) is 11.5 Å². The van der Waals surface area contributed by atoms with E-state index in [1.54, 1.807) is 0 Å². The second-order valence-electron chi connectivity index (χ2n) is 4.28. The van der Waals surface area contributed by atoms with Crippen molar-refractivity contribution in [3.05, 3.63) is 23.9 Å². The third-order valence-corrected chi connectivity index (χ3v) is 3.16. The number of aryl methyl sites for hydroxylation is 1. The molecule has 2 aromatic rings. The van der Waals surface area contributed by atoms with Gasteiger partial charge in [-0.05, 0) is 18.6 Å².